The van der Waals surface area contributed by atoms with Gasteiger partial charge in [0.15, 0.2) is 0 Å². The Morgan fingerprint density at radius 2 is 2.09 bits per heavy atom. The van der Waals surface area contributed by atoms with Crippen LogP contribution >= 0.6 is 0 Å². The molecule has 0 aliphatic carbocycles. The van der Waals surface area contributed by atoms with Gasteiger partial charge in [0.05, 0.1) is 28.6 Å². The van der Waals surface area contributed by atoms with Crippen LogP contribution in [0.3, 0.4) is 0 Å². The Morgan fingerprint density at radius 3 is 2.85 bits per heavy atom. The molecule has 0 spiro atoms. The van der Waals surface area contributed by atoms with Crippen LogP contribution in [0.1, 0.15) is 39.8 Å². The summed E-state index contributed by atoms with van der Waals surface area (Å²) in [6.07, 6.45) is 7.11. The zero-order valence-corrected chi connectivity index (χ0v) is 18.6. The van der Waals surface area contributed by atoms with E-state index in [2.05, 4.69) is 25.2 Å². The molecule has 4 aromatic heterocycles. The second-order valence-corrected chi connectivity index (χ2v) is 8.24. The zero-order valence-electron chi connectivity index (χ0n) is 18.6. The van der Waals surface area contributed by atoms with Crippen molar-refractivity contribution in [2.24, 2.45) is 0 Å². The number of hydrogen-bond donors (Lipinski definition) is 2. The van der Waals surface area contributed by atoms with Crippen LogP contribution in [0.15, 0.2) is 47.7 Å². The van der Waals surface area contributed by atoms with Gasteiger partial charge in [-0.1, -0.05) is 6.92 Å². The number of carbonyl (C=O) groups excluding carboxylic acids is 1. The summed E-state index contributed by atoms with van der Waals surface area (Å²) in [5, 5.41) is 7.29. The van der Waals surface area contributed by atoms with E-state index in [0.29, 0.717) is 12.1 Å². The molecule has 0 bridgehead atoms. The number of aryl methyl sites for hydroxylation is 1. The largest absolute Gasteiger partial charge is 0.354 e. The highest BCUT2D eigenvalue weighted by atomic mass is 16.1. The first-order chi connectivity index (χ1) is 16.0. The summed E-state index contributed by atoms with van der Waals surface area (Å²) in [4.78, 5) is 38.0. The first-order valence-electron chi connectivity index (χ1n) is 11.0. The van der Waals surface area contributed by atoms with Crippen LogP contribution in [0.5, 0.6) is 0 Å². The van der Waals surface area contributed by atoms with Gasteiger partial charge in [0.25, 0.3) is 11.5 Å². The van der Waals surface area contributed by atoms with Crippen molar-refractivity contribution in [1.29, 1.82) is 0 Å². The third-order valence-electron chi connectivity index (χ3n) is 6.02. The highest BCUT2D eigenvalue weighted by Gasteiger charge is 2.20. The van der Waals surface area contributed by atoms with Gasteiger partial charge in [-0.3, -0.25) is 19.5 Å². The molecule has 0 atom stereocenters. The lowest BCUT2D eigenvalue weighted by atomic mass is 10.1. The van der Waals surface area contributed by atoms with Crippen LogP contribution in [0.25, 0.3) is 16.7 Å². The Balaban J connectivity index is 1.32. The molecule has 1 aliphatic heterocycles. The summed E-state index contributed by atoms with van der Waals surface area (Å²) in [5.41, 5.74) is 6.80. The van der Waals surface area contributed by atoms with Gasteiger partial charge in [-0.05, 0) is 36.2 Å². The van der Waals surface area contributed by atoms with Gasteiger partial charge in [0.1, 0.15) is 5.69 Å². The number of nitrogens with one attached hydrogen (secondary N) is 2. The summed E-state index contributed by atoms with van der Waals surface area (Å²) in [5.74, 6) is -0.213. The van der Waals surface area contributed by atoms with E-state index in [1.54, 1.807) is 19.3 Å². The highest BCUT2D eigenvalue weighted by Crippen LogP contribution is 2.22. The summed E-state index contributed by atoms with van der Waals surface area (Å²) < 4.78 is 1.82. The van der Waals surface area contributed by atoms with E-state index >= 15 is 0 Å². The third kappa shape index (κ3) is 4.14. The smallest absolute Gasteiger partial charge is 0.269 e. The predicted octanol–water partition coefficient (Wildman–Crippen LogP) is 1.98. The van der Waals surface area contributed by atoms with Gasteiger partial charge >= 0.3 is 0 Å². The number of hydrogen-bond acceptors (Lipinski definition) is 6. The van der Waals surface area contributed by atoms with Crippen LogP contribution in [0, 0.1) is 0 Å². The van der Waals surface area contributed by atoms with Crippen LogP contribution in [0.2, 0.25) is 0 Å². The first kappa shape index (κ1) is 21.0. The van der Waals surface area contributed by atoms with E-state index < -0.39 is 0 Å². The first-order valence-corrected chi connectivity index (χ1v) is 11.0. The fourth-order valence-electron chi connectivity index (χ4n) is 4.20. The Morgan fingerprint density at radius 1 is 1.21 bits per heavy atom. The summed E-state index contributed by atoms with van der Waals surface area (Å²) in [7, 11) is 1.58. The number of pyridine rings is 3. The number of aromatic amines is 1. The maximum absolute atomic E-state index is 12.2. The van der Waals surface area contributed by atoms with E-state index in [0.717, 1.165) is 59.6 Å². The molecule has 0 fully saturated rings. The minimum atomic E-state index is -0.213. The van der Waals surface area contributed by atoms with Gasteiger partial charge in [-0.2, -0.15) is 5.10 Å². The molecule has 2 N–H and O–H groups in total. The van der Waals surface area contributed by atoms with Crippen LogP contribution < -0.4 is 10.9 Å². The maximum atomic E-state index is 12.2. The molecule has 0 unspecified atom stereocenters. The van der Waals surface area contributed by atoms with Crippen LogP contribution in [-0.2, 0) is 25.9 Å². The Hall–Kier alpha value is -3.85. The van der Waals surface area contributed by atoms with Crippen molar-refractivity contribution >= 4 is 16.9 Å². The van der Waals surface area contributed by atoms with Crippen LogP contribution in [-0.4, -0.2) is 49.1 Å². The summed E-state index contributed by atoms with van der Waals surface area (Å²) in [6.45, 7) is 4.38. The topological polar surface area (TPSA) is 109 Å². The number of rotatable bonds is 5. The molecule has 1 amide bonds. The average Bonchev–Trinajstić information content (AvgIpc) is 3.26. The number of carbonyl (C=O) groups is 1. The second kappa shape index (κ2) is 8.59. The standard InChI is InChI=1S/C24H25N7O2/c1-3-16-9-21-22(28-23(16)32)8-15(10-26-21)12-30-7-6-19-17(13-30)14-31(29-19)18-4-5-20(27-11-18)24(33)25-2/h4-5,8-11,14H,3,6-7,12-13H2,1-2H3,(H,25,33)(H,28,32). The lowest BCUT2D eigenvalue weighted by Gasteiger charge is -2.25. The minimum absolute atomic E-state index is 0.0446. The van der Waals surface area contributed by atoms with Gasteiger partial charge in [-0.15, -0.1) is 0 Å². The van der Waals surface area contributed by atoms with Crippen molar-refractivity contribution in [2.45, 2.75) is 32.9 Å². The van der Waals surface area contributed by atoms with E-state index in [-0.39, 0.29) is 11.5 Å². The lowest BCUT2D eigenvalue weighted by molar-refractivity contribution is 0.0958. The molecule has 0 saturated heterocycles. The quantitative estimate of drug-likeness (QED) is 0.488. The molecule has 0 saturated carbocycles. The molecule has 9 nitrogen and oxygen atoms in total. The van der Waals surface area contributed by atoms with Crippen molar-refractivity contribution in [1.82, 2.24) is 34.9 Å². The van der Waals surface area contributed by atoms with Gasteiger partial charge in [-0.25, -0.2) is 9.67 Å². The van der Waals surface area contributed by atoms with Crippen molar-refractivity contribution in [3.8, 4) is 5.69 Å². The zero-order chi connectivity index (χ0) is 22.9. The van der Waals surface area contributed by atoms with Crippen molar-refractivity contribution in [3.63, 3.8) is 0 Å². The number of nitrogens with zero attached hydrogens (tertiary/aromatic N) is 5. The number of amides is 1. The number of H-pyrrole nitrogens is 1. The molecule has 1 aliphatic rings. The Bertz CT molecular complexity index is 1390. The van der Waals surface area contributed by atoms with E-state index in [1.165, 1.54) is 5.56 Å². The molecule has 5 rings (SSSR count). The third-order valence-corrected chi connectivity index (χ3v) is 6.02. The SMILES string of the molecule is CCc1cc2ncc(CN3CCc4nn(-c5ccc(C(=O)NC)nc5)cc4C3)cc2[nH]c1=O. The molecule has 4 aromatic rings. The van der Waals surface area contributed by atoms with Crippen molar-refractivity contribution < 1.29 is 4.79 Å². The Kier molecular flexibility index (Phi) is 5.47. The van der Waals surface area contributed by atoms with Gasteiger partial charge in [0.2, 0.25) is 0 Å². The van der Waals surface area contributed by atoms with Crippen LogP contribution in [0.4, 0.5) is 0 Å². The normalized spacial score (nSPS) is 13.8. The number of aromatic nitrogens is 5. The Labute approximate surface area is 190 Å². The number of fused-ring (bicyclic) bond motifs is 2. The summed E-state index contributed by atoms with van der Waals surface area (Å²) >= 11 is 0. The molecule has 9 heteroatoms. The highest BCUT2D eigenvalue weighted by molar-refractivity contribution is 5.92. The van der Waals surface area contributed by atoms with E-state index in [9.17, 15) is 9.59 Å². The fraction of sp³-hybridized carbons (Fsp3) is 0.292. The molecule has 0 radical (unpaired) electrons. The lowest BCUT2D eigenvalue weighted by Crippen LogP contribution is -2.29. The molecule has 0 aromatic carbocycles. The molecule has 168 valence electrons. The van der Waals surface area contributed by atoms with Gasteiger partial charge < -0.3 is 10.3 Å². The average molecular weight is 444 g/mol. The maximum Gasteiger partial charge on any atom is 0.269 e. The molecular formula is C24H25N7O2. The van der Waals surface area contributed by atoms with Crippen molar-refractivity contribution in [2.75, 3.05) is 13.6 Å². The second-order valence-electron chi connectivity index (χ2n) is 8.24. The molecule has 5 heterocycles. The van der Waals surface area contributed by atoms with Gasteiger partial charge in [0, 0.05) is 56.6 Å². The fourth-order valence-corrected chi connectivity index (χ4v) is 4.20. The molecule has 33 heavy (non-hydrogen) atoms. The van der Waals surface area contributed by atoms with E-state index in [1.807, 2.05) is 42.2 Å². The predicted molar refractivity (Wildman–Crippen MR) is 124 cm³/mol. The minimum Gasteiger partial charge on any atom is -0.354 e. The van der Waals surface area contributed by atoms with E-state index in [4.69, 9.17) is 5.10 Å². The monoisotopic (exact) mass is 443 g/mol. The summed E-state index contributed by atoms with van der Waals surface area (Å²) in [6, 6.07) is 7.43. The van der Waals surface area contributed by atoms with Crippen molar-refractivity contribution in [3.05, 3.63) is 81.3 Å². The molecular weight excluding hydrogens is 418 g/mol.